The van der Waals surface area contributed by atoms with E-state index < -0.39 is 0 Å². The molecule has 2 aromatic rings. The van der Waals surface area contributed by atoms with Gasteiger partial charge in [-0.2, -0.15) is 0 Å². The second-order valence-electron chi connectivity index (χ2n) is 5.75. The van der Waals surface area contributed by atoms with Gasteiger partial charge in [-0.25, -0.2) is 0 Å². The van der Waals surface area contributed by atoms with E-state index >= 15 is 0 Å². The van der Waals surface area contributed by atoms with E-state index in [9.17, 15) is 9.59 Å². The maximum absolute atomic E-state index is 12.5. The fraction of sp³-hybridized carbons (Fsp3) is 0.250. The van der Waals surface area contributed by atoms with Crippen LogP contribution in [0, 0.1) is 0 Å². The Labute approximate surface area is 156 Å². The quantitative estimate of drug-likeness (QED) is 0.577. The summed E-state index contributed by atoms with van der Waals surface area (Å²) in [5.74, 6) is 1.29. The van der Waals surface area contributed by atoms with E-state index in [4.69, 9.17) is 4.42 Å². The summed E-state index contributed by atoms with van der Waals surface area (Å²) in [6, 6.07) is 11.0. The first-order valence-electron chi connectivity index (χ1n) is 8.50. The Kier molecular flexibility index (Phi) is 5.42. The van der Waals surface area contributed by atoms with Crippen molar-refractivity contribution in [1.82, 2.24) is 4.90 Å². The van der Waals surface area contributed by atoms with E-state index in [0.29, 0.717) is 35.1 Å². The van der Waals surface area contributed by atoms with Gasteiger partial charge in [0.2, 0.25) is 0 Å². The number of thioether (sulfide) groups is 1. The number of aliphatic imine (C=N–C) groups is 1. The summed E-state index contributed by atoms with van der Waals surface area (Å²) in [6.07, 6.45) is 1.75. The topological polar surface area (TPSA) is 62.9 Å². The number of likely N-dealkylation sites (N-methyl/N-ethyl adjacent to an activating group) is 1. The smallest absolute Gasteiger partial charge is 0.266 e. The fourth-order valence-electron chi connectivity index (χ4n) is 2.62. The first kappa shape index (κ1) is 18.2. The predicted molar refractivity (Wildman–Crippen MR) is 105 cm³/mol. The van der Waals surface area contributed by atoms with Crippen LogP contribution in [0.5, 0.6) is 0 Å². The molecule has 1 aromatic carbocycles. The van der Waals surface area contributed by atoms with E-state index in [-0.39, 0.29) is 11.7 Å². The summed E-state index contributed by atoms with van der Waals surface area (Å²) in [5, 5.41) is 0.734. The van der Waals surface area contributed by atoms with Gasteiger partial charge in [0.05, 0.1) is 4.91 Å². The number of Topliss-reactive ketones (excluding diaryl/α,β-unsaturated/α-hetero) is 1. The third-order valence-electron chi connectivity index (χ3n) is 3.97. The van der Waals surface area contributed by atoms with Crippen LogP contribution in [0.25, 0.3) is 17.4 Å². The highest BCUT2D eigenvalue weighted by atomic mass is 32.2. The molecule has 3 rings (SSSR count). The number of hydrogen-bond acceptors (Lipinski definition) is 5. The van der Waals surface area contributed by atoms with Crippen LogP contribution in [-0.4, -0.2) is 34.8 Å². The van der Waals surface area contributed by atoms with Crippen LogP contribution >= 0.6 is 11.8 Å². The number of amidine groups is 1. The van der Waals surface area contributed by atoms with Gasteiger partial charge in [-0.1, -0.05) is 24.3 Å². The zero-order chi connectivity index (χ0) is 18.7. The highest BCUT2D eigenvalue weighted by Crippen LogP contribution is 2.33. The van der Waals surface area contributed by atoms with E-state index in [1.165, 1.54) is 18.7 Å². The number of benzene rings is 1. The van der Waals surface area contributed by atoms with Crippen molar-refractivity contribution in [2.24, 2.45) is 4.99 Å². The number of rotatable bonds is 5. The molecule has 6 heteroatoms. The summed E-state index contributed by atoms with van der Waals surface area (Å²) < 4.78 is 5.86. The first-order chi connectivity index (χ1) is 12.5. The molecule has 0 N–H and O–H groups in total. The molecule has 0 spiro atoms. The summed E-state index contributed by atoms with van der Waals surface area (Å²) in [4.78, 5) is 30.5. The van der Waals surface area contributed by atoms with Crippen LogP contribution in [0.15, 0.2) is 50.7 Å². The fourth-order valence-corrected chi connectivity index (χ4v) is 3.71. The van der Waals surface area contributed by atoms with E-state index in [0.717, 1.165) is 10.7 Å². The zero-order valence-electron chi connectivity index (χ0n) is 15.0. The molecule has 1 fully saturated rings. The molecule has 1 amide bonds. The Morgan fingerprint density at radius 3 is 2.54 bits per heavy atom. The number of hydrogen-bond donors (Lipinski definition) is 0. The summed E-state index contributed by atoms with van der Waals surface area (Å²) in [7, 11) is 0. The van der Waals surface area contributed by atoms with Crippen molar-refractivity contribution < 1.29 is 14.0 Å². The maximum Gasteiger partial charge on any atom is 0.266 e. The van der Waals surface area contributed by atoms with E-state index in [2.05, 4.69) is 4.99 Å². The molecule has 0 aliphatic carbocycles. The third kappa shape index (κ3) is 3.65. The number of nitrogens with zero attached hydrogens (tertiary/aromatic N) is 2. The second-order valence-corrected chi connectivity index (χ2v) is 6.76. The summed E-state index contributed by atoms with van der Waals surface area (Å²) >= 11 is 1.37. The number of carbonyl (C=O) groups is 2. The molecular weight excluding hydrogens is 348 g/mol. The normalized spacial score (nSPS) is 17.5. The summed E-state index contributed by atoms with van der Waals surface area (Å²) in [6.45, 7) is 6.65. The molecule has 1 saturated heterocycles. The average molecular weight is 368 g/mol. The molecule has 0 bridgehead atoms. The molecule has 0 unspecified atom stereocenters. The van der Waals surface area contributed by atoms with Crippen LogP contribution in [0.3, 0.4) is 0 Å². The Bertz CT molecular complexity index is 894. The lowest BCUT2D eigenvalue weighted by atomic mass is 10.1. The predicted octanol–water partition coefficient (Wildman–Crippen LogP) is 4.46. The number of furan rings is 1. The van der Waals surface area contributed by atoms with Crippen LogP contribution in [0.2, 0.25) is 0 Å². The molecule has 5 nitrogen and oxygen atoms in total. The van der Waals surface area contributed by atoms with Gasteiger partial charge in [0, 0.05) is 30.3 Å². The van der Waals surface area contributed by atoms with Crippen LogP contribution in [0.4, 0.5) is 0 Å². The van der Waals surface area contributed by atoms with Crippen molar-refractivity contribution in [3.05, 3.63) is 52.6 Å². The van der Waals surface area contributed by atoms with Gasteiger partial charge in [-0.15, -0.1) is 0 Å². The lowest BCUT2D eigenvalue weighted by molar-refractivity contribution is -0.122. The minimum atomic E-state index is -0.0477. The lowest BCUT2D eigenvalue weighted by Gasteiger charge is -2.11. The third-order valence-corrected chi connectivity index (χ3v) is 5.02. The van der Waals surface area contributed by atoms with Crippen LogP contribution < -0.4 is 0 Å². The molecule has 134 valence electrons. The van der Waals surface area contributed by atoms with Gasteiger partial charge in [0.15, 0.2) is 11.0 Å². The molecule has 0 saturated carbocycles. The van der Waals surface area contributed by atoms with Gasteiger partial charge in [-0.3, -0.25) is 19.5 Å². The highest BCUT2D eigenvalue weighted by molar-refractivity contribution is 8.18. The van der Waals surface area contributed by atoms with Gasteiger partial charge in [0.25, 0.3) is 5.91 Å². The van der Waals surface area contributed by atoms with E-state index in [1.807, 2.05) is 38.1 Å². The molecule has 0 radical (unpaired) electrons. The molecule has 1 aromatic heterocycles. The maximum atomic E-state index is 12.5. The molecule has 2 heterocycles. The molecule has 1 aliphatic rings. The average Bonchev–Trinajstić information content (AvgIpc) is 3.21. The minimum Gasteiger partial charge on any atom is -0.457 e. The van der Waals surface area contributed by atoms with Crippen molar-refractivity contribution in [3.63, 3.8) is 0 Å². The Morgan fingerprint density at radius 2 is 1.92 bits per heavy atom. The Morgan fingerprint density at radius 1 is 1.19 bits per heavy atom. The highest BCUT2D eigenvalue weighted by Gasteiger charge is 2.32. The summed E-state index contributed by atoms with van der Waals surface area (Å²) in [5.41, 5.74) is 1.55. The molecular formula is C20H20N2O3S. The first-order valence-corrected chi connectivity index (χ1v) is 9.32. The number of carbonyl (C=O) groups excluding carboxylic acids is 2. The monoisotopic (exact) mass is 368 g/mol. The van der Waals surface area contributed by atoms with Gasteiger partial charge in [-0.05, 0) is 44.7 Å². The van der Waals surface area contributed by atoms with Crippen LogP contribution in [0.1, 0.15) is 36.9 Å². The van der Waals surface area contributed by atoms with Gasteiger partial charge < -0.3 is 4.42 Å². The van der Waals surface area contributed by atoms with Gasteiger partial charge in [0.1, 0.15) is 11.5 Å². The van der Waals surface area contributed by atoms with Crippen molar-refractivity contribution in [1.29, 1.82) is 0 Å². The molecule has 0 atom stereocenters. The van der Waals surface area contributed by atoms with E-state index in [1.54, 1.807) is 23.1 Å². The van der Waals surface area contributed by atoms with Crippen molar-refractivity contribution in [2.45, 2.75) is 20.8 Å². The van der Waals surface area contributed by atoms with Crippen molar-refractivity contribution in [3.8, 4) is 11.3 Å². The number of amides is 1. The minimum absolute atomic E-state index is 0.0308. The Hall–Kier alpha value is -2.60. The SMILES string of the molecule is CCN=C1S/C(=C/c2ccc(-c3ccc(C(C)=O)cc3)o2)C(=O)N1CC. The largest absolute Gasteiger partial charge is 0.457 e. The zero-order valence-corrected chi connectivity index (χ0v) is 15.8. The Balaban J connectivity index is 1.84. The van der Waals surface area contributed by atoms with Crippen molar-refractivity contribution >= 4 is 34.7 Å². The molecule has 1 aliphatic heterocycles. The molecule has 26 heavy (non-hydrogen) atoms. The second kappa shape index (κ2) is 7.74. The standard InChI is InChI=1S/C20H20N2O3S/c1-4-21-20-22(5-2)19(24)18(26-20)12-16-10-11-17(25-16)15-8-6-14(7-9-15)13(3)23/h6-12H,4-5H2,1-3H3/b18-12+,21-20?. The lowest BCUT2D eigenvalue weighted by Crippen LogP contribution is -2.28. The van der Waals surface area contributed by atoms with Gasteiger partial charge >= 0.3 is 0 Å². The number of ketones is 1. The van der Waals surface area contributed by atoms with Crippen molar-refractivity contribution in [2.75, 3.05) is 13.1 Å². The van der Waals surface area contributed by atoms with Crippen LogP contribution in [-0.2, 0) is 4.79 Å².